The zero-order valence-electron chi connectivity index (χ0n) is 31.5. The molecule has 9 aromatic carbocycles. The molecule has 4 nitrogen and oxygen atoms in total. The highest BCUT2D eigenvalue weighted by Crippen LogP contribution is 2.44. The molecule has 0 atom stereocenters. The number of benzene rings is 9. The van der Waals surface area contributed by atoms with E-state index in [0.29, 0.717) is 0 Å². The lowest BCUT2D eigenvalue weighted by atomic mass is 9.98. The fourth-order valence-electron chi connectivity index (χ4n) is 8.31. The molecule has 0 bridgehead atoms. The number of anilines is 6. The largest absolute Gasteiger partial charge is 0.454 e. The van der Waals surface area contributed by atoms with Gasteiger partial charge in [-0.05, 0) is 101 Å². The van der Waals surface area contributed by atoms with E-state index in [-0.39, 0.29) is 0 Å². The van der Waals surface area contributed by atoms with Gasteiger partial charge in [0.05, 0.1) is 11.4 Å². The standard InChI is InChI=1S/C54H36N2O2/c1-3-16-41(17-4-1)55(49-24-12-22-47-45-20-7-9-26-51(45)57-53(47)49)43-32-28-37(29-33-43)39-14-11-15-40(36-39)38-30-34-44(35-31-38)56(42-18-5-2-6-19-42)50-25-13-23-48-46-21-8-10-27-52(46)58-54(48)50/h1-36H. The Hall–Kier alpha value is -7.82. The highest BCUT2D eigenvalue weighted by atomic mass is 16.3. The summed E-state index contributed by atoms with van der Waals surface area (Å²) in [6.07, 6.45) is 0. The normalized spacial score (nSPS) is 11.4. The lowest BCUT2D eigenvalue weighted by Gasteiger charge is -2.26. The van der Waals surface area contributed by atoms with E-state index in [4.69, 9.17) is 8.83 Å². The zero-order valence-corrected chi connectivity index (χ0v) is 31.5. The Kier molecular flexibility index (Phi) is 8.11. The third-order valence-electron chi connectivity index (χ3n) is 11.1. The second-order valence-corrected chi connectivity index (χ2v) is 14.5. The highest BCUT2D eigenvalue weighted by Gasteiger charge is 2.21. The van der Waals surface area contributed by atoms with Crippen molar-refractivity contribution in [2.45, 2.75) is 0 Å². The van der Waals surface area contributed by atoms with Crippen LogP contribution in [0.3, 0.4) is 0 Å². The lowest BCUT2D eigenvalue weighted by Crippen LogP contribution is -2.10. The summed E-state index contributed by atoms with van der Waals surface area (Å²) >= 11 is 0. The molecule has 2 aromatic heterocycles. The smallest absolute Gasteiger partial charge is 0.159 e. The van der Waals surface area contributed by atoms with Crippen molar-refractivity contribution in [3.05, 3.63) is 218 Å². The van der Waals surface area contributed by atoms with Crippen LogP contribution in [0.15, 0.2) is 227 Å². The second-order valence-electron chi connectivity index (χ2n) is 14.5. The summed E-state index contributed by atoms with van der Waals surface area (Å²) in [7, 11) is 0. The summed E-state index contributed by atoms with van der Waals surface area (Å²) in [4.78, 5) is 4.56. The van der Waals surface area contributed by atoms with Crippen molar-refractivity contribution < 1.29 is 8.83 Å². The van der Waals surface area contributed by atoms with Crippen molar-refractivity contribution in [1.82, 2.24) is 0 Å². The average Bonchev–Trinajstić information content (AvgIpc) is 3.88. The van der Waals surface area contributed by atoms with Crippen LogP contribution in [0.5, 0.6) is 0 Å². The van der Waals surface area contributed by atoms with E-state index < -0.39 is 0 Å². The minimum Gasteiger partial charge on any atom is -0.454 e. The summed E-state index contributed by atoms with van der Waals surface area (Å²) in [6.45, 7) is 0. The summed E-state index contributed by atoms with van der Waals surface area (Å²) in [5, 5.41) is 4.44. The van der Waals surface area contributed by atoms with Gasteiger partial charge in [0.2, 0.25) is 0 Å². The molecule has 0 amide bonds. The van der Waals surface area contributed by atoms with Gasteiger partial charge >= 0.3 is 0 Å². The van der Waals surface area contributed by atoms with Gasteiger partial charge < -0.3 is 18.6 Å². The minimum atomic E-state index is 0.869. The molecule has 11 rings (SSSR count). The number of nitrogens with zero attached hydrogens (tertiary/aromatic N) is 2. The maximum absolute atomic E-state index is 6.50. The van der Waals surface area contributed by atoms with Crippen LogP contribution in [0.4, 0.5) is 34.1 Å². The molecule has 0 aliphatic carbocycles. The van der Waals surface area contributed by atoms with E-state index in [1.165, 1.54) is 0 Å². The van der Waals surface area contributed by atoms with Crippen LogP contribution in [0.1, 0.15) is 0 Å². The van der Waals surface area contributed by atoms with Crippen molar-refractivity contribution in [1.29, 1.82) is 0 Å². The molecule has 0 aliphatic heterocycles. The molecule has 0 radical (unpaired) electrons. The molecular formula is C54H36N2O2. The van der Waals surface area contributed by atoms with Crippen molar-refractivity contribution in [2.24, 2.45) is 0 Å². The molecule has 0 aliphatic rings. The van der Waals surface area contributed by atoms with E-state index in [2.05, 4.69) is 204 Å². The Morgan fingerprint density at radius 3 is 1.07 bits per heavy atom. The number of furan rings is 2. The van der Waals surface area contributed by atoms with Crippen LogP contribution in [-0.4, -0.2) is 0 Å². The van der Waals surface area contributed by atoms with E-state index in [9.17, 15) is 0 Å². The van der Waals surface area contributed by atoms with Gasteiger partial charge in [0, 0.05) is 44.3 Å². The highest BCUT2D eigenvalue weighted by molar-refractivity contribution is 6.11. The summed E-state index contributed by atoms with van der Waals surface area (Å²) in [5.74, 6) is 0. The van der Waals surface area contributed by atoms with E-state index >= 15 is 0 Å². The van der Waals surface area contributed by atoms with Gasteiger partial charge in [0.15, 0.2) is 11.2 Å². The molecular weight excluding hydrogens is 709 g/mol. The van der Waals surface area contributed by atoms with Crippen LogP contribution in [0.25, 0.3) is 66.1 Å². The molecule has 274 valence electrons. The van der Waals surface area contributed by atoms with Gasteiger partial charge in [-0.25, -0.2) is 0 Å². The van der Waals surface area contributed by atoms with E-state index in [1.807, 2.05) is 24.3 Å². The number of para-hydroxylation sites is 6. The van der Waals surface area contributed by atoms with Crippen molar-refractivity contribution in [2.75, 3.05) is 9.80 Å². The average molecular weight is 745 g/mol. The zero-order chi connectivity index (χ0) is 38.4. The number of hydrogen-bond donors (Lipinski definition) is 0. The molecule has 4 heteroatoms. The summed E-state index contributed by atoms with van der Waals surface area (Å²) in [5.41, 5.74) is 14.3. The van der Waals surface area contributed by atoms with Crippen molar-refractivity contribution >= 4 is 78.0 Å². The predicted molar refractivity (Wildman–Crippen MR) is 241 cm³/mol. The van der Waals surface area contributed by atoms with Gasteiger partial charge in [-0.1, -0.05) is 140 Å². The number of hydrogen-bond acceptors (Lipinski definition) is 4. The lowest BCUT2D eigenvalue weighted by molar-refractivity contribution is 0.668. The Morgan fingerprint density at radius 2 is 0.621 bits per heavy atom. The number of fused-ring (bicyclic) bond motifs is 6. The maximum Gasteiger partial charge on any atom is 0.159 e. The molecule has 0 spiro atoms. The van der Waals surface area contributed by atoms with Gasteiger partial charge in [-0.15, -0.1) is 0 Å². The van der Waals surface area contributed by atoms with E-state index in [1.54, 1.807) is 0 Å². The SMILES string of the molecule is c1ccc(N(c2ccc(-c3cccc(-c4ccc(N(c5ccccc5)c5cccc6c5oc5ccccc56)cc4)c3)cc2)c2cccc3c2oc2ccccc23)cc1. The van der Waals surface area contributed by atoms with Crippen LogP contribution >= 0.6 is 0 Å². The Labute approximate surface area is 336 Å². The second kappa shape index (κ2) is 14.0. The van der Waals surface area contributed by atoms with Crippen LogP contribution in [-0.2, 0) is 0 Å². The Bertz CT molecular complexity index is 3000. The van der Waals surface area contributed by atoms with E-state index in [0.717, 1.165) is 100 Å². The van der Waals surface area contributed by atoms with Crippen molar-refractivity contribution in [3.63, 3.8) is 0 Å². The molecule has 2 heterocycles. The van der Waals surface area contributed by atoms with Gasteiger partial charge in [0.1, 0.15) is 11.2 Å². The molecule has 0 unspecified atom stereocenters. The quantitative estimate of drug-likeness (QED) is 0.155. The molecule has 11 aromatic rings. The predicted octanol–water partition coefficient (Wildman–Crippen LogP) is 15.8. The Morgan fingerprint density at radius 1 is 0.259 bits per heavy atom. The third kappa shape index (κ3) is 5.78. The van der Waals surface area contributed by atoms with Gasteiger partial charge in [0.25, 0.3) is 0 Å². The van der Waals surface area contributed by atoms with Crippen LogP contribution < -0.4 is 9.80 Å². The van der Waals surface area contributed by atoms with Crippen molar-refractivity contribution in [3.8, 4) is 22.3 Å². The molecule has 0 fully saturated rings. The Balaban J connectivity index is 0.930. The van der Waals surface area contributed by atoms with Gasteiger partial charge in [-0.2, -0.15) is 0 Å². The number of rotatable bonds is 8. The molecule has 58 heavy (non-hydrogen) atoms. The fraction of sp³-hybridized carbons (Fsp3) is 0. The maximum atomic E-state index is 6.50. The van der Waals surface area contributed by atoms with Crippen LogP contribution in [0, 0.1) is 0 Å². The first-order chi connectivity index (χ1) is 28.8. The monoisotopic (exact) mass is 744 g/mol. The molecule has 0 saturated carbocycles. The van der Waals surface area contributed by atoms with Gasteiger partial charge in [-0.3, -0.25) is 0 Å². The van der Waals surface area contributed by atoms with Crippen LogP contribution in [0.2, 0.25) is 0 Å². The first-order valence-corrected chi connectivity index (χ1v) is 19.6. The molecule has 0 N–H and O–H groups in total. The first-order valence-electron chi connectivity index (χ1n) is 19.6. The molecule has 0 saturated heterocycles. The first kappa shape index (κ1) is 33.5. The minimum absolute atomic E-state index is 0.869. The third-order valence-corrected chi connectivity index (χ3v) is 11.1. The fourth-order valence-corrected chi connectivity index (χ4v) is 8.31. The summed E-state index contributed by atoms with van der Waals surface area (Å²) < 4.78 is 13.0. The summed E-state index contributed by atoms with van der Waals surface area (Å²) in [6, 6.07) is 76.7. The topological polar surface area (TPSA) is 32.8 Å².